The number of carbonyl (C=O) groups excluding carboxylic acids is 4. The first-order valence-corrected chi connectivity index (χ1v) is 20.4. The minimum atomic E-state index is -0.635. The lowest BCUT2D eigenvalue weighted by Gasteiger charge is -2.28. The molecule has 58 heavy (non-hydrogen) atoms. The van der Waals surface area contributed by atoms with E-state index in [4.69, 9.17) is 28.4 Å². The second-order valence-electron chi connectivity index (χ2n) is 16.1. The predicted octanol–water partition coefficient (Wildman–Crippen LogP) is 7.33. The van der Waals surface area contributed by atoms with Gasteiger partial charge in [0.2, 0.25) is 11.8 Å². The van der Waals surface area contributed by atoms with E-state index in [1.807, 2.05) is 77.9 Å². The Morgan fingerprint density at radius 2 is 0.879 bits per heavy atom. The first kappa shape index (κ1) is 49.3. The van der Waals surface area contributed by atoms with Crippen molar-refractivity contribution < 1.29 is 47.6 Å². The molecule has 0 aliphatic heterocycles. The van der Waals surface area contributed by atoms with Crippen molar-refractivity contribution in [3.05, 3.63) is 47.5 Å². The molecule has 4 amide bonds. The normalized spacial score (nSPS) is 11.3. The topological polar surface area (TPSA) is 154 Å². The Hall–Kier alpha value is -4.88. The molecule has 0 aliphatic carbocycles. The van der Waals surface area contributed by atoms with Gasteiger partial charge in [0.05, 0.1) is 28.4 Å². The molecule has 0 unspecified atom stereocenters. The number of benzene rings is 2. The van der Waals surface area contributed by atoms with E-state index in [1.165, 1.54) is 0 Å². The van der Waals surface area contributed by atoms with Crippen LogP contribution in [-0.2, 0) is 31.9 Å². The van der Waals surface area contributed by atoms with Gasteiger partial charge < -0.3 is 48.9 Å². The quantitative estimate of drug-likeness (QED) is 0.0974. The van der Waals surface area contributed by atoms with Gasteiger partial charge in [-0.25, -0.2) is 9.59 Å². The van der Waals surface area contributed by atoms with Gasteiger partial charge in [-0.3, -0.25) is 9.59 Å². The van der Waals surface area contributed by atoms with Crippen LogP contribution in [0.5, 0.6) is 23.0 Å². The van der Waals surface area contributed by atoms with Crippen LogP contribution in [0.4, 0.5) is 9.59 Å². The van der Waals surface area contributed by atoms with E-state index in [1.54, 1.807) is 38.2 Å². The molecule has 2 aromatic rings. The number of carbonyl (C=O) groups is 4. The van der Waals surface area contributed by atoms with Crippen molar-refractivity contribution >= 4 is 24.0 Å². The number of aryl methyl sites for hydroxylation is 2. The summed E-state index contributed by atoms with van der Waals surface area (Å²) in [6, 6.07) is 11.0. The molecule has 0 saturated carbocycles. The molecule has 0 aliphatic rings. The van der Waals surface area contributed by atoms with Crippen molar-refractivity contribution in [3.63, 3.8) is 0 Å². The molecule has 0 saturated heterocycles. The van der Waals surface area contributed by atoms with E-state index in [0.29, 0.717) is 101 Å². The molecule has 0 spiro atoms. The maximum Gasteiger partial charge on any atom is 0.410 e. The fraction of sp³-hybridized carbons (Fsp3) is 0.636. The largest absolute Gasteiger partial charge is 0.497 e. The Morgan fingerprint density at radius 1 is 0.517 bits per heavy atom. The first-order valence-electron chi connectivity index (χ1n) is 20.4. The smallest absolute Gasteiger partial charge is 0.410 e. The zero-order valence-corrected chi connectivity index (χ0v) is 36.8. The van der Waals surface area contributed by atoms with Crippen LogP contribution in [0.25, 0.3) is 0 Å². The van der Waals surface area contributed by atoms with Gasteiger partial charge in [-0.1, -0.05) is 12.8 Å². The van der Waals surface area contributed by atoms with Crippen LogP contribution in [0.15, 0.2) is 36.4 Å². The lowest BCUT2D eigenvalue weighted by Crippen LogP contribution is -2.39. The number of hydrogen-bond donors (Lipinski definition) is 2. The Morgan fingerprint density at radius 3 is 1.21 bits per heavy atom. The van der Waals surface area contributed by atoms with E-state index < -0.39 is 11.2 Å². The fourth-order valence-electron chi connectivity index (χ4n) is 6.02. The highest BCUT2D eigenvalue weighted by Gasteiger charge is 2.23. The number of ether oxygens (including phenoxy) is 6. The molecule has 14 heteroatoms. The monoisotopic (exact) mass is 815 g/mol. The number of nitrogens with zero attached hydrogens (tertiary/aromatic N) is 2. The van der Waals surface area contributed by atoms with Crippen molar-refractivity contribution in [1.29, 1.82) is 0 Å². The summed E-state index contributed by atoms with van der Waals surface area (Å²) >= 11 is 0. The molecule has 326 valence electrons. The molecular formula is C44H70N4O10. The van der Waals surface area contributed by atoms with Gasteiger partial charge in [0, 0.05) is 52.1 Å². The third-order valence-corrected chi connectivity index (χ3v) is 8.98. The van der Waals surface area contributed by atoms with Gasteiger partial charge in [-0.2, -0.15) is 0 Å². The summed E-state index contributed by atoms with van der Waals surface area (Å²) in [5.74, 6) is 2.66. The van der Waals surface area contributed by atoms with Crippen molar-refractivity contribution in [3.8, 4) is 23.0 Å². The van der Waals surface area contributed by atoms with Crippen LogP contribution in [0.1, 0.15) is 104 Å². The molecule has 0 radical (unpaired) electrons. The Kier molecular flexibility index (Phi) is 21.6. The number of hydrogen-bond acceptors (Lipinski definition) is 10. The second kappa shape index (κ2) is 25.5. The SMILES string of the molecule is COc1ccc(OC)c(CCC(=O)NCCCN(CCCCCCN(CCCNC(=O)CCc2cc(OC)ccc2OC)C(=O)OC(C)(C)C)C(=O)OC(C)(C)C)c1. The highest BCUT2D eigenvalue weighted by molar-refractivity contribution is 5.76. The number of nitrogens with one attached hydrogen (secondary N) is 2. The van der Waals surface area contributed by atoms with E-state index in [0.717, 1.165) is 36.8 Å². The van der Waals surface area contributed by atoms with E-state index in [9.17, 15) is 19.2 Å². The molecule has 0 bridgehead atoms. The van der Waals surface area contributed by atoms with Crippen molar-refractivity contribution in [1.82, 2.24) is 20.4 Å². The molecular weight excluding hydrogens is 745 g/mol. The number of unbranched alkanes of at least 4 members (excludes halogenated alkanes) is 3. The molecule has 0 fully saturated rings. The van der Waals surface area contributed by atoms with Gasteiger partial charge in [0.25, 0.3) is 0 Å². The fourth-order valence-corrected chi connectivity index (χ4v) is 6.02. The van der Waals surface area contributed by atoms with Gasteiger partial charge in [-0.05, 0) is 128 Å². The zero-order valence-electron chi connectivity index (χ0n) is 36.8. The van der Waals surface area contributed by atoms with Crippen LogP contribution in [0.3, 0.4) is 0 Å². The minimum absolute atomic E-state index is 0.0826. The predicted molar refractivity (Wildman–Crippen MR) is 225 cm³/mol. The molecule has 2 aromatic carbocycles. The van der Waals surface area contributed by atoms with E-state index >= 15 is 0 Å². The number of rotatable bonds is 25. The second-order valence-corrected chi connectivity index (χ2v) is 16.1. The maximum absolute atomic E-state index is 13.1. The van der Waals surface area contributed by atoms with Gasteiger partial charge in [-0.15, -0.1) is 0 Å². The summed E-state index contributed by atoms with van der Waals surface area (Å²) in [6.45, 7) is 13.8. The third kappa shape index (κ3) is 20.0. The summed E-state index contributed by atoms with van der Waals surface area (Å²) in [5.41, 5.74) is 0.518. The van der Waals surface area contributed by atoms with Gasteiger partial charge in [0.1, 0.15) is 34.2 Å². The van der Waals surface area contributed by atoms with E-state index in [-0.39, 0.29) is 24.0 Å². The summed E-state index contributed by atoms with van der Waals surface area (Å²) < 4.78 is 32.8. The maximum atomic E-state index is 13.1. The van der Waals surface area contributed by atoms with Gasteiger partial charge in [0.15, 0.2) is 0 Å². The van der Waals surface area contributed by atoms with Crippen LogP contribution < -0.4 is 29.6 Å². The minimum Gasteiger partial charge on any atom is -0.497 e. The standard InChI is InChI=1S/C44H70N4O10/c1-43(2,3)57-41(51)47(29-15-25-45-39(49)23-17-33-31-35(53-7)19-21-37(33)55-9)27-13-11-12-14-28-48(42(52)58-44(4,5)6)30-16-26-46-40(50)24-18-34-32-36(54-8)20-22-38(34)56-10/h19-22,31-32H,11-18,23-30H2,1-10H3,(H,45,49)(H,46,50). The lowest BCUT2D eigenvalue weighted by molar-refractivity contribution is -0.121. The summed E-state index contributed by atoms with van der Waals surface area (Å²) in [5, 5.41) is 5.92. The Balaban J connectivity index is 1.81. The van der Waals surface area contributed by atoms with Crippen LogP contribution in [0, 0.1) is 0 Å². The molecule has 0 atom stereocenters. The van der Waals surface area contributed by atoms with Crippen LogP contribution in [0.2, 0.25) is 0 Å². The van der Waals surface area contributed by atoms with Crippen molar-refractivity contribution in [2.45, 2.75) is 117 Å². The van der Waals surface area contributed by atoms with Crippen LogP contribution >= 0.6 is 0 Å². The Labute approximate surface area is 346 Å². The molecule has 2 N–H and O–H groups in total. The first-order chi connectivity index (χ1) is 27.5. The molecule has 2 rings (SSSR count). The molecule has 14 nitrogen and oxygen atoms in total. The average Bonchev–Trinajstić information content (AvgIpc) is 3.17. The van der Waals surface area contributed by atoms with Crippen molar-refractivity contribution in [2.24, 2.45) is 0 Å². The van der Waals surface area contributed by atoms with Crippen molar-refractivity contribution in [2.75, 3.05) is 67.7 Å². The third-order valence-electron chi connectivity index (χ3n) is 8.98. The van der Waals surface area contributed by atoms with Crippen LogP contribution in [-0.4, -0.2) is 113 Å². The van der Waals surface area contributed by atoms with Gasteiger partial charge >= 0.3 is 12.2 Å². The number of amides is 4. The van der Waals surface area contributed by atoms with E-state index in [2.05, 4.69) is 10.6 Å². The average molecular weight is 815 g/mol. The highest BCUT2D eigenvalue weighted by atomic mass is 16.6. The molecule has 0 aromatic heterocycles. The summed E-state index contributed by atoms with van der Waals surface area (Å²) in [6.07, 6.45) is 5.21. The molecule has 0 heterocycles. The highest BCUT2D eigenvalue weighted by Crippen LogP contribution is 2.26. The summed E-state index contributed by atoms with van der Waals surface area (Å²) in [4.78, 5) is 54.8. The number of methoxy groups -OCH3 is 4. The summed E-state index contributed by atoms with van der Waals surface area (Å²) in [7, 11) is 6.39. The lowest BCUT2D eigenvalue weighted by atomic mass is 10.1. The Bertz CT molecular complexity index is 1450. The zero-order chi connectivity index (χ0) is 43.1.